The zero-order valence-corrected chi connectivity index (χ0v) is 14.5. The van der Waals surface area contributed by atoms with E-state index in [-0.39, 0.29) is 13.2 Å². The van der Waals surface area contributed by atoms with Crippen LogP contribution in [0.15, 0.2) is 34.3 Å². The fraction of sp³-hybridized carbons (Fsp3) is 0.412. The van der Waals surface area contributed by atoms with E-state index >= 15 is 0 Å². The highest BCUT2D eigenvalue weighted by Crippen LogP contribution is 2.33. The van der Waals surface area contributed by atoms with Crippen LogP contribution in [0.4, 0.5) is 0 Å². The number of fused-ring (bicyclic) bond motifs is 1. The molecule has 0 saturated carbocycles. The van der Waals surface area contributed by atoms with E-state index in [1.165, 1.54) is 17.5 Å². The third kappa shape index (κ3) is 4.07. The number of hydrogen-bond acceptors (Lipinski definition) is 6. The summed E-state index contributed by atoms with van der Waals surface area (Å²) in [6.45, 7) is 0.312. The van der Waals surface area contributed by atoms with Crippen molar-refractivity contribution >= 4 is 23.5 Å². The molecule has 2 N–H and O–H groups in total. The molecule has 0 atom stereocenters. The fourth-order valence-electron chi connectivity index (χ4n) is 2.73. The molecule has 0 amide bonds. The molecular weight excluding hydrogens is 328 g/mol. The molecule has 4 nitrogen and oxygen atoms in total. The van der Waals surface area contributed by atoms with Crippen molar-refractivity contribution in [2.75, 3.05) is 24.7 Å². The van der Waals surface area contributed by atoms with Crippen molar-refractivity contribution in [2.45, 2.75) is 29.3 Å². The van der Waals surface area contributed by atoms with Gasteiger partial charge in [-0.05, 0) is 48.6 Å². The van der Waals surface area contributed by atoms with Crippen LogP contribution >= 0.6 is 23.5 Å². The van der Waals surface area contributed by atoms with Gasteiger partial charge in [-0.25, -0.2) is 9.97 Å². The van der Waals surface area contributed by atoms with E-state index in [0.29, 0.717) is 11.5 Å². The predicted octanol–water partition coefficient (Wildman–Crippen LogP) is 2.80. The maximum atomic E-state index is 9.10. The lowest BCUT2D eigenvalue weighted by molar-refractivity contribution is 0.322. The van der Waals surface area contributed by atoms with E-state index in [1.54, 1.807) is 23.5 Å². The maximum Gasteiger partial charge on any atom is 0.100 e. The van der Waals surface area contributed by atoms with Gasteiger partial charge in [0, 0.05) is 11.5 Å². The summed E-state index contributed by atoms with van der Waals surface area (Å²) in [4.78, 5) is 9.46. The van der Waals surface area contributed by atoms with E-state index in [0.717, 1.165) is 34.3 Å². The van der Waals surface area contributed by atoms with Crippen LogP contribution in [0.2, 0.25) is 0 Å². The monoisotopic (exact) mass is 348 g/mol. The van der Waals surface area contributed by atoms with Gasteiger partial charge in [0.15, 0.2) is 0 Å². The molecule has 3 rings (SSSR count). The first-order valence-corrected chi connectivity index (χ1v) is 9.76. The van der Waals surface area contributed by atoms with Gasteiger partial charge in [-0.3, -0.25) is 0 Å². The molecule has 122 valence electrons. The molecule has 0 saturated heterocycles. The Hall–Kier alpha value is -1.08. The predicted molar refractivity (Wildman–Crippen MR) is 95.1 cm³/mol. The summed E-state index contributed by atoms with van der Waals surface area (Å²) in [5.41, 5.74) is 4.48. The molecule has 1 aliphatic carbocycles. The Kier molecular flexibility index (Phi) is 5.94. The number of hydrogen-bond donors (Lipinski definition) is 2. The first kappa shape index (κ1) is 16.8. The number of aryl methyl sites for hydroxylation is 1. The standard InChI is InChI=1S/C17H20N2O2S2/c20-7-9-22-16-6-2-5-14(18-16)15-11-12-3-1-4-13(12)17(19-15)23-10-8-21/h2,5-6,11,20-21H,1,3-4,7-10H2. The molecule has 23 heavy (non-hydrogen) atoms. The minimum absolute atomic E-state index is 0.148. The third-order valence-corrected chi connectivity index (χ3v) is 5.62. The first-order chi connectivity index (χ1) is 11.3. The highest BCUT2D eigenvalue weighted by molar-refractivity contribution is 7.99. The summed E-state index contributed by atoms with van der Waals surface area (Å²) in [6.07, 6.45) is 3.35. The second kappa shape index (κ2) is 8.15. The Morgan fingerprint density at radius 2 is 1.78 bits per heavy atom. The summed E-state index contributed by atoms with van der Waals surface area (Å²) in [5, 5.41) is 20.0. The number of aliphatic hydroxyl groups excluding tert-OH is 2. The van der Waals surface area contributed by atoms with Crippen LogP contribution < -0.4 is 0 Å². The van der Waals surface area contributed by atoms with Crippen molar-refractivity contribution in [3.8, 4) is 11.4 Å². The first-order valence-electron chi connectivity index (χ1n) is 7.79. The Bertz CT molecular complexity index is 680. The smallest absolute Gasteiger partial charge is 0.100 e. The van der Waals surface area contributed by atoms with Crippen molar-refractivity contribution in [3.05, 3.63) is 35.4 Å². The Morgan fingerprint density at radius 1 is 0.957 bits per heavy atom. The molecule has 0 bridgehead atoms. The van der Waals surface area contributed by atoms with Gasteiger partial charge in [0.25, 0.3) is 0 Å². The van der Waals surface area contributed by atoms with Gasteiger partial charge >= 0.3 is 0 Å². The Balaban J connectivity index is 1.93. The maximum absolute atomic E-state index is 9.10. The number of nitrogens with zero attached hydrogens (tertiary/aromatic N) is 2. The van der Waals surface area contributed by atoms with Crippen LogP contribution in [-0.2, 0) is 12.8 Å². The third-order valence-electron chi connectivity index (χ3n) is 3.71. The van der Waals surface area contributed by atoms with Crippen LogP contribution in [0.3, 0.4) is 0 Å². The minimum Gasteiger partial charge on any atom is -0.396 e. The number of aromatic nitrogens is 2. The highest BCUT2D eigenvalue weighted by Gasteiger charge is 2.19. The van der Waals surface area contributed by atoms with Gasteiger partial charge in [0.1, 0.15) is 5.03 Å². The summed E-state index contributed by atoms with van der Waals surface area (Å²) in [7, 11) is 0. The van der Waals surface area contributed by atoms with Gasteiger partial charge < -0.3 is 10.2 Å². The summed E-state index contributed by atoms with van der Waals surface area (Å²) in [6, 6.07) is 8.08. The van der Waals surface area contributed by atoms with Crippen LogP contribution in [-0.4, -0.2) is 44.9 Å². The number of thioether (sulfide) groups is 2. The molecule has 0 aliphatic heterocycles. The molecule has 6 heteroatoms. The van der Waals surface area contributed by atoms with Gasteiger partial charge in [-0.15, -0.1) is 23.5 Å². The molecule has 0 aromatic carbocycles. The quantitative estimate of drug-likeness (QED) is 0.750. The Morgan fingerprint density at radius 3 is 2.61 bits per heavy atom. The highest BCUT2D eigenvalue weighted by atomic mass is 32.2. The SMILES string of the molecule is OCCSc1cccc(-c2cc3c(c(SCCO)n2)CCC3)n1. The Labute approximate surface area is 144 Å². The van der Waals surface area contributed by atoms with E-state index in [4.69, 9.17) is 15.2 Å². The number of aliphatic hydroxyl groups is 2. The van der Waals surface area contributed by atoms with Crippen molar-refractivity contribution in [1.82, 2.24) is 9.97 Å². The lowest BCUT2D eigenvalue weighted by atomic mass is 10.1. The second-order valence-electron chi connectivity index (χ2n) is 5.31. The molecule has 1 aliphatic rings. The van der Waals surface area contributed by atoms with Crippen molar-refractivity contribution in [3.63, 3.8) is 0 Å². The van der Waals surface area contributed by atoms with E-state index in [9.17, 15) is 0 Å². The van der Waals surface area contributed by atoms with Crippen LogP contribution in [0.25, 0.3) is 11.4 Å². The second-order valence-corrected chi connectivity index (χ2v) is 7.51. The van der Waals surface area contributed by atoms with Crippen LogP contribution in [0.5, 0.6) is 0 Å². The van der Waals surface area contributed by atoms with Gasteiger partial charge in [0.05, 0.1) is 29.6 Å². The van der Waals surface area contributed by atoms with Crippen molar-refractivity contribution in [1.29, 1.82) is 0 Å². The molecule has 2 aromatic heterocycles. The van der Waals surface area contributed by atoms with Crippen LogP contribution in [0, 0.1) is 0 Å². The van der Waals surface area contributed by atoms with Crippen LogP contribution in [0.1, 0.15) is 17.5 Å². The molecule has 0 unspecified atom stereocenters. The average Bonchev–Trinajstić information content (AvgIpc) is 3.06. The van der Waals surface area contributed by atoms with Gasteiger partial charge in [-0.1, -0.05) is 6.07 Å². The minimum atomic E-state index is 0.148. The van der Waals surface area contributed by atoms with E-state index < -0.39 is 0 Å². The average molecular weight is 348 g/mol. The molecule has 2 heterocycles. The number of pyridine rings is 2. The largest absolute Gasteiger partial charge is 0.396 e. The normalized spacial score (nSPS) is 13.3. The summed E-state index contributed by atoms with van der Waals surface area (Å²) in [5.74, 6) is 1.31. The van der Waals surface area contributed by atoms with E-state index in [2.05, 4.69) is 11.1 Å². The van der Waals surface area contributed by atoms with E-state index in [1.807, 2.05) is 18.2 Å². The van der Waals surface area contributed by atoms with Crippen molar-refractivity contribution in [2.24, 2.45) is 0 Å². The van der Waals surface area contributed by atoms with Gasteiger partial charge in [0.2, 0.25) is 0 Å². The van der Waals surface area contributed by atoms with Crippen molar-refractivity contribution < 1.29 is 10.2 Å². The molecule has 2 aromatic rings. The zero-order valence-electron chi connectivity index (χ0n) is 12.9. The molecule has 0 radical (unpaired) electrons. The summed E-state index contributed by atoms with van der Waals surface area (Å²) >= 11 is 3.17. The number of rotatable bonds is 7. The zero-order chi connectivity index (χ0) is 16.1. The topological polar surface area (TPSA) is 66.2 Å². The lowest BCUT2D eigenvalue weighted by Gasteiger charge is -2.10. The molecular formula is C17H20N2O2S2. The summed E-state index contributed by atoms with van der Waals surface area (Å²) < 4.78 is 0. The fourth-order valence-corrected chi connectivity index (χ4v) is 4.22. The molecule has 0 fully saturated rings. The lowest BCUT2D eigenvalue weighted by Crippen LogP contribution is -1.98. The van der Waals surface area contributed by atoms with Gasteiger partial charge in [-0.2, -0.15) is 0 Å². The molecule has 0 spiro atoms.